The van der Waals surface area contributed by atoms with Crippen LogP contribution in [0.15, 0.2) is 62.5 Å². The van der Waals surface area contributed by atoms with E-state index in [1.54, 1.807) is 35.7 Å². The summed E-state index contributed by atoms with van der Waals surface area (Å²) >= 11 is 0. The van der Waals surface area contributed by atoms with Gasteiger partial charge < -0.3 is 24.1 Å². The Morgan fingerprint density at radius 1 is 1.10 bits per heavy atom. The summed E-state index contributed by atoms with van der Waals surface area (Å²) in [5, 5.41) is 12.0. The number of nitrogens with one attached hydrogen (secondary N) is 1. The van der Waals surface area contributed by atoms with Gasteiger partial charge >= 0.3 is 5.69 Å². The second-order valence-electron chi connectivity index (χ2n) is 10.3. The van der Waals surface area contributed by atoms with Crippen LogP contribution < -0.4 is 11.1 Å². The maximum absolute atomic E-state index is 13.8. The summed E-state index contributed by atoms with van der Waals surface area (Å²) in [6, 6.07) is 14.7. The summed E-state index contributed by atoms with van der Waals surface area (Å²) in [5.74, 6) is -1.23. The topological polar surface area (TPSA) is 123 Å². The van der Waals surface area contributed by atoms with Crippen LogP contribution in [-0.4, -0.2) is 43.7 Å². The Morgan fingerprint density at radius 3 is 2.67 bits per heavy atom. The van der Waals surface area contributed by atoms with Crippen molar-refractivity contribution in [3.05, 3.63) is 97.6 Å². The molecule has 1 amide bonds. The number of para-hydroxylation sites is 1. The lowest BCUT2D eigenvalue weighted by Crippen LogP contribution is -2.36. The predicted octanol–water partition coefficient (Wildman–Crippen LogP) is 3.27. The molecule has 206 valence electrons. The maximum Gasteiger partial charge on any atom is 0.328 e. The molecule has 10 heteroatoms. The molecule has 0 radical (unpaired) electrons. The molecule has 5 aromatic rings. The third-order valence-corrected chi connectivity index (χ3v) is 7.92. The highest BCUT2D eigenvalue weighted by Gasteiger charge is 2.31. The van der Waals surface area contributed by atoms with Crippen LogP contribution in [0.2, 0.25) is 0 Å². The fourth-order valence-electron chi connectivity index (χ4n) is 5.82. The number of aromatic hydroxyl groups is 1. The number of methoxy groups -OCH3 is 1. The summed E-state index contributed by atoms with van der Waals surface area (Å²) in [6.45, 7) is 1.01. The van der Waals surface area contributed by atoms with E-state index in [9.17, 15) is 19.5 Å². The molecule has 1 aliphatic rings. The molecular formula is C30H30N4O6. The van der Waals surface area contributed by atoms with E-state index in [-0.39, 0.29) is 36.1 Å². The number of benzene rings is 2. The number of amides is 1. The lowest BCUT2D eigenvalue weighted by atomic mass is 9.90. The lowest BCUT2D eigenvalue weighted by molar-refractivity contribution is -0.132. The Labute approximate surface area is 229 Å². The molecule has 40 heavy (non-hydrogen) atoms. The highest BCUT2D eigenvalue weighted by molar-refractivity contribution is 5.86. The fourth-order valence-corrected chi connectivity index (χ4v) is 5.82. The maximum atomic E-state index is 13.8. The van der Waals surface area contributed by atoms with Gasteiger partial charge in [0.15, 0.2) is 5.76 Å². The van der Waals surface area contributed by atoms with Crippen LogP contribution in [0.4, 0.5) is 0 Å². The number of aromatic nitrogens is 3. The van der Waals surface area contributed by atoms with Crippen LogP contribution in [-0.2, 0) is 43.2 Å². The third-order valence-electron chi connectivity index (χ3n) is 7.92. The average Bonchev–Trinajstić information content (AvgIpc) is 3.43. The molecule has 0 fully saturated rings. The fraction of sp³-hybridized carbons (Fsp3) is 0.300. The van der Waals surface area contributed by atoms with Crippen LogP contribution in [0, 0.1) is 0 Å². The molecular weight excluding hydrogens is 512 g/mol. The molecule has 0 bridgehead atoms. The van der Waals surface area contributed by atoms with Crippen molar-refractivity contribution in [2.45, 2.75) is 31.9 Å². The zero-order valence-corrected chi connectivity index (χ0v) is 22.6. The van der Waals surface area contributed by atoms with E-state index in [1.165, 1.54) is 28.7 Å². The largest absolute Gasteiger partial charge is 0.502 e. The quantitative estimate of drug-likeness (QED) is 0.340. The number of aryl methyl sites for hydroxylation is 2. The number of ether oxygens (including phenoxy) is 1. The van der Waals surface area contributed by atoms with Gasteiger partial charge in [-0.15, -0.1) is 0 Å². The van der Waals surface area contributed by atoms with Gasteiger partial charge in [0.1, 0.15) is 12.4 Å². The number of imidazole rings is 1. The number of carbonyl (C=O) groups excluding carboxylic acids is 1. The number of aromatic amines is 1. The summed E-state index contributed by atoms with van der Waals surface area (Å²) in [4.78, 5) is 44.3. The Bertz CT molecular complexity index is 1890. The van der Waals surface area contributed by atoms with Gasteiger partial charge in [-0.2, -0.15) is 0 Å². The first-order chi connectivity index (χ1) is 19.3. The summed E-state index contributed by atoms with van der Waals surface area (Å²) in [7, 11) is 4.85. The van der Waals surface area contributed by atoms with Crippen molar-refractivity contribution >= 4 is 27.8 Å². The van der Waals surface area contributed by atoms with Crippen molar-refractivity contribution in [3.63, 3.8) is 0 Å². The average molecular weight is 543 g/mol. The normalized spacial score (nSPS) is 14.1. The Morgan fingerprint density at radius 2 is 1.88 bits per heavy atom. The van der Waals surface area contributed by atoms with E-state index in [2.05, 4.69) is 11.1 Å². The van der Waals surface area contributed by atoms with Gasteiger partial charge in [0.05, 0.1) is 23.5 Å². The molecule has 3 aromatic heterocycles. The van der Waals surface area contributed by atoms with Crippen molar-refractivity contribution in [2.75, 3.05) is 13.7 Å². The molecule has 2 aromatic carbocycles. The standard InChI is InChI=1S/C30H30N4O6/c1-32-24-9-8-17(12-25(24)33(2)30(32)38)21(29-28(37)26(35)13-18(40-29)16-39-3)14-27(36)34-11-10-20-19-6-4-5-7-22(19)31-23(20)15-34/h4-9,12-13,21,31,37H,10-11,14-16H2,1-3H3/t21-/m0/s1. The number of rotatable bonds is 6. The second-order valence-corrected chi connectivity index (χ2v) is 10.3. The van der Waals surface area contributed by atoms with Crippen molar-refractivity contribution < 1.29 is 19.1 Å². The number of fused-ring (bicyclic) bond motifs is 4. The second kappa shape index (κ2) is 9.87. The SMILES string of the molecule is COCc1cc(=O)c(O)c([C@@H](CC(=O)N2CCc3c([nH]c4ccccc34)C2)c2ccc3c(c2)n(C)c(=O)n3C)o1. The molecule has 0 unspecified atom stereocenters. The van der Waals surface area contributed by atoms with Crippen molar-refractivity contribution in [1.82, 2.24) is 19.0 Å². The minimum absolute atomic E-state index is 0.00325. The van der Waals surface area contributed by atoms with E-state index in [0.29, 0.717) is 24.2 Å². The zero-order chi connectivity index (χ0) is 28.1. The molecule has 2 N–H and O–H groups in total. The van der Waals surface area contributed by atoms with E-state index in [0.717, 1.165) is 23.1 Å². The van der Waals surface area contributed by atoms with Gasteiger partial charge in [0.2, 0.25) is 17.1 Å². The number of H-pyrrole nitrogens is 1. The number of carbonyl (C=O) groups is 1. The molecule has 0 saturated carbocycles. The summed E-state index contributed by atoms with van der Waals surface area (Å²) in [5.41, 5.74) is 4.51. The number of hydrogen-bond acceptors (Lipinski definition) is 6. The smallest absolute Gasteiger partial charge is 0.328 e. The van der Waals surface area contributed by atoms with Crippen molar-refractivity contribution in [1.29, 1.82) is 0 Å². The molecule has 10 nitrogen and oxygen atoms in total. The van der Waals surface area contributed by atoms with E-state index < -0.39 is 17.1 Å². The van der Waals surface area contributed by atoms with Crippen LogP contribution in [0.5, 0.6) is 5.75 Å². The number of nitrogens with zero attached hydrogens (tertiary/aromatic N) is 3. The van der Waals surface area contributed by atoms with Gasteiger partial charge in [-0.1, -0.05) is 24.3 Å². The first-order valence-electron chi connectivity index (χ1n) is 13.1. The first kappa shape index (κ1) is 25.7. The van der Waals surface area contributed by atoms with Crippen molar-refractivity contribution in [2.24, 2.45) is 14.1 Å². The Kier molecular flexibility index (Phi) is 6.34. The molecule has 0 aliphatic carbocycles. The molecule has 1 aliphatic heterocycles. The molecule has 6 rings (SSSR count). The zero-order valence-electron chi connectivity index (χ0n) is 22.6. The molecule has 0 saturated heterocycles. The Hall–Kier alpha value is -4.57. The highest BCUT2D eigenvalue weighted by Crippen LogP contribution is 2.36. The predicted molar refractivity (Wildman–Crippen MR) is 149 cm³/mol. The highest BCUT2D eigenvalue weighted by atomic mass is 16.5. The van der Waals surface area contributed by atoms with Crippen LogP contribution in [0.1, 0.15) is 40.7 Å². The lowest BCUT2D eigenvalue weighted by Gasteiger charge is -2.29. The summed E-state index contributed by atoms with van der Waals surface area (Å²) in [6.07, 6.45) is 0.673. The van der Waals surface area contributed by atoms with Gasteiger partial charge in [0.25, 0.3) is 0 Å². The van der Waals surface area contributed by atoms with Crippen LogP contribution in [0.25, 0.3) is 21.9 Å². The molecule has 4 heterocycles. The molecule has 0 spiro atoms. The number of hydrogen-bond donors (Lipinski definition) is 2. The van der Waals surface area contributed by atoms with Crippen LogP contribution >= 0.6 is 0 Å². The third kappa shape index (κ3) is 4.21. The van der Waals surface area contributed by atoms with Gasteiger partial charge in [-0.3, -0.25) is 18.7 Å². The van der Waals surface area contributed by atoms with E-state index >= 15 is 0 Å². The van der Waals surface area contributed by atoms with Crippen LogP contribution in [0.3, 0.4) is 0 Å². The monoisotopic (exact) mass is 542 g/mol. The van der Waals surface area contributed by atoms with Gasteiger partial charge in [0, 0.05) is 56.8 Å². The van der Waals surface area contributed by atoms with Gasteiger partial charge in [-0.05, 0) is 35.7 Å². The summed E-state index contributed by atoms with van der Waals surface area (Å²) < 4.78 is 14.2. The van der Waals surface area contributed by atoms with E-state index in [4.69, 9.17) is 9.15 Å². The minimum Gasteiger partial charge on any atom is -0.502 e. The first-order valence-corrected chi connectivity index (χ1v) is 13.1. The van der Waals surface area contributed by atoms with E-state index in [1.807, 2.05) is 24.3 Å². The van der Waals surface area contributed by atoms with Crippen molar-refractivity contribution in [3.8, 4) is 5.75 Å². The molecule has 1 atom stereocenters. The Balaban J connectivity index is 1.40. The minimum atomic E-state index is -0.777. The van der Waals surface area contributed by atoms with Gasteiger partial charge in [-0.25, -0.2) is 4.79 Å².